The minimum Gasteiger partial charge on any atom is -0.132 e. The van der Waals surface area contributed by atoms with E-state index in [1.165, 1.54) is 16.0 Å². The average Bonchev–Trinajstić information content (AvgIpc) is 2.68. The Hall–Kier alpha value is -0.310. The molecule has 3 heteroatoms. The van der Waals surface area contributed by atoms with Crippen LogP contribution in [-0.2, 0) is 6.42 Å². The first-order valence-electron chi connectivity index (χ1n) is 5.10. The Kier molecular flexibility index (Phi) is 4.06. The van der Waals surface area contributed by atoms with Crippen LogP contribution >= 0.6 is 38.9 Å². The molecule has 84 valence electrons. The Bertz CT molecular complexity index is 461. The summed E-state index contributed by atoms with van der Waals surface area (Å²) in [5, 5.41) is 0.0685. The van der Waals surface area contributed by atoms with E-state index in [2.05, 4.69) is 53.2 Å². The molecule has 2 rings (SSSR count). The van der Waals surface area contributed by atoms with Crippen molar-refractivity contribution in [3.8, 4) is 0 Å². The van der Waals surface area contributed by atoms with Crippen molar-refractivity contribution in [3.63, 3.8) is 0 Å². The van der Waals surface area contributed by atoms with Gasteiger partial charge < -0.3 is 0 Å². The van der Waals surface area contributed by atoms with Crippen LogP contribution in [0.3, 0.4) is 0 Å². The minimum atomic E-state index is 0.0685. The van der Waals surface area contributed by atoms with Crippen LogP contribution in [0.1, 0.15) is 21.4 Å². The predicted molar refractivity (Wildman–Crippen MR) is 75.5 cm³/mol. The fraction of sp³-hybridized carbons (Fsp3) is 0.231. The van der Waals surface area contributed by atoms with Gasteiger partial charge >= 0.3 is 0 Å². The highest BCUT2D eigenvalue weighted by Crippen LogP contribution is 2.33. The summed E-state index contributed by atoms with van der Waals surface area (Å²) >= 11 is 11.5. The smallest absolute Gasteiger partial charge is 0.0719 e. The number of halogens is 2. The summed E-state index contributed by atoms with van der Waals surface area (Å²) in [5.41, 5.74) is 2.57. The molecule has 16 heavy (non-hydrogen) atoms. The Labute approximate surface area is 113 Å². The highest BCUT2D eigenvalue weighted by molar-refractivity contribution is 9.11. The van der Waals surface area contributed by atoms with E-state index >= 15 is 0 Å². The maximum atomic E-state index is 6.38. The number of rotatable bonds is 3. The molecule has 0 fully saturated rings. The summed E-state index contributed by atoms with van der Waals surface area (Å²) in [7, 11) is 0. The molecule has 0 bridgehead atoms. The van der Waals surface area contributed by atoms with Crippen LogP contribution < -0.4 is 0 Å². The van der Waals surface area contributed by atoms with Crippen molar-refractivity contribution < 1.29 is 0 Å². The van der Waals surface area contributed by atoms with Gasteiger partial charge in [-0.2, -0.15) is 0 Å². The fourth-order valence-electron chi connectivity index (χ4n) is 1.53. The van der Waals surface area contributed by atoms with Gasteiger partial charge in [0.25, 0.3) is 0 Å². The van der Waals surface area contributed by atoms with Gasteiger partial charge in [-0.1, -0.05) is 29.8 Å². The standard InChI is InChI=1S/C13H12BrClS/c1-9-2-4-10(5-3-9)8-11(15)12-6-7-13(14)16-12/h2-7,11H,8H2,1H3. The first-order valence-corrected chi connectivity index (χ1v) is 7.14. The van der Waals surface area contributed by atoms with Crippen LogP contribution in [0.5, 0.6) is 0 Å². The Balaban J connectivity index is 2.07. The molecule has 1 atom stereocenters. The Morgan fingerprint density at radius 2 is 1.88 bits per heavy atom. The van der Waals surface area contributed by atoms with Crippen molar-refractivity contribution >= 4 is 38.9 Å². The van der Waals surface area contributed by atoms with E-state index < -0.39 is 0 Å². The second-order valence-corrected chi connectivity index (χ2v) is 6.82. The van der Waals surface area contributed by atoms with Crippen molar-refractivity contribution in [2.75, 3.05) is 0 Å². The van der Waals surface area contributed by atoms with Crippen molar-refractivity contribution in [1.82, 2.24) is 0 Å². The summed E-state index contributed by atoms with van der Waals surface area (Å²) in [6.07, 6.45) is 0.884. The average molecular weight is 316 g/mol. The van der Waals surface area contributed by atoms with Crippen molar-refractivity contribution in [1.29, 1.82) is 0 Å². The Morgan fingerprint density at radius 1 is 1.19 bits per heavy atom. The van der Waals surface area contributed by atoms with Crippen LogP contribution in [0, 0.1) is 6.92 Å². The van der Waals surface area contributed by atoms with Gasteiger partial charge in [-0.05, 0) is 47.0 Å². The molecule has 1 heterocycles. The first-order chi connectivity index (χ1) is 7.65. The molecule has 0 aliphatic heterocycles. The predicted octanol–water partition coefficient (Wildman–Crippen LogP) is 5.34. The molecule has 0 radical (unpaired) electrons. The van der Waals surface area contributed by atoms with Gasteiger partial charge in [0.05, 0.1) is 9.16 Å². The van der Waals surface area contributed by atoms with Gasteiger partial charge in [0.1, 0.15) is 0 Å². The normalized spacial score (nSPS) is 12.7. The highest BCUT2D eigenvalue weighted by atomic mass is 79.9. The maximum absolute atomic E-state index is 6.38. The third-order valence-electron chi connectivity index (χ3n) is 2.44. The lowest BCUT2D eigenvalue weighted by molar-refractivity contribution is 0.939. The maximum Gasteiger partial charge on any atom is 0.0719 e. The number of thiophene rings is 1. The van der Waals surface area contributed by atoms with Crippen LogP contribution in [0.15, 0.2) is 40.2 Å². The topological polar surface area (TPSA) is 0 Å². The second-order valence-electron chi connectivity index (χ2n) is 3.80. The zero-order valence-corrected chi connectivity index (χ0v) is 12.1. The molecule has 0 aliphatic rings. The lowest BCUT2D eigenvalue weighted by atomic mass is 10.1. The van der Waals surface area contributed by atoms with E-state index in [0.717, 1.165) is 10.2 Å². The van der Waals surface area contributed by atoms with Gasteiger partial charge in [-0.15, -0.1) is 22.9 Å². The largest absolute Gasteiger partial charge is 0.132 e. The molecule has 0 amide bonds. The van der Waals surface area contributed by atoms with E-state index in [9.17, 15) is 0 Å². The summed E-state index contributed by atoms with van der Waals surface area (Å²) < 4.78 is 1.14. The van der Waals surface area contributed by atoms with Gasteiger partial charge in [0.2, 0.25) is 0 Å². The van der Waals surface area contributed by atoms with Gasteiger partial charge in [-0.25, -0.2) is 0 Å². The van der Waals surface area contributed by atoms with E-state index in [1.807, 2.05) is 6.07 Å². The quantitative estimate of drug-likeness (QED) is 0.670. The SMILES string of the molecule is Cc1ccc(CC(Cl)c2ccc(Br)s2)cc1. The van der Waals surface area contributed by atoms with Gasteiger partial charge in [0.15, 0.2) is 0 Å². The molecule has 0 nitrogen and oxygen atoms in total. The zero-order valence-electron chi connectivity index (χ0n) is 8.91. The minimum absolute atomic E-state index is 0.0685. The summed E-state index contributed by atoms with van der Waals surface area (Å²) in [6, 6.07) is 12.7. The molecule has 1 aromatic carbocycles. The third-order valence-corrected chi connectivity index (χ3v) is 4.69. The molecule has 0 aliphatic carbocycles. The number of aryl methyl sites for hydroxylation is 1. The van der Waals surface area contributed by atoms with E-state index in [-0.39, 0.29) is 5.38 Å². The molecule has 0 saturated heterocycles. The molecule has 0 saturated carbocycles. The lowest BCUT2D eigenvalue weighted by Crippen LogP contribution is -1.93. The van der Waals surface area contributed by atoms with Crippen LogP contribution in [-0.4, -0.2) is 0 Å². The summed E-state index contributed by atoms with van der Waals surface area (Å²) in [4.78, 5) is 1.22. The van der Waals surface area contributed by atoms with Crippen LogP contribution in [0.4, 0.5) is 0 Å². The molecular weight excluding hydrogens is 304 g/mol. The molecule has 0 spiro atoms. The highest BCUT2D eigenvalue weighted by Gasteiger charge is 2.11. The van der Waals surface area contributed by atoms with E-state index in [4.69, 9.17) is 11.6 Å². The molecule has 1 unspecified atom stereocenters. The van der Waals surface area contributed by atoms with Gasteiger partial charge in [0, 0.05) is 4.88 Å². The molecular formula is C13H12BrClS. The molecule has 1 aromatic heterocycles. The monoisotopic (exact) mass is 314 g/mol. The van der Waals surface area contributed by atoms with Crippen LogP contribution in [0.25, 0.3) is 0 Å². The van der Waals surface area contributed by atoms with Gasteiger partial charge in [-0.3, -0.25) is 0 Å². The van der Waals surface area contributed by atoms with Crippen LogP contribution in [0.2, 0.25) is 0 Å². The summed E-state index contributed by atoms with van der Waals surface area (Å²) in [5.74, 6) is 0. The zero-order chi connectivity index (χ0) is 11.5. The lowest BCUT2D eigenvalue weighted by Gasteiger charge is -2.07. The molecule has 2 aromatic rings. The summed E-state index contributed by atoms with van der Waals surface area (Å²) in [6.45, 7) is 2.10. The second kappa shape index (κ2) is 5.35. The fourth-order valence-corrected chi connectivity index (χ4v) is 3.31. The van der Waals surface area contributed by atoms with Crippen molar-refractivity contribution in [3.05, 3.63) is 56.2 Å². The third kappa shape index (κ3) is 3.09. The number of hydrogen-bond acceptors (Lipinski definition) is 1. The Morgan fingerprint density at radius 3 is 2.44 bits per heavy atom. The number of alkyl halides is 1. The van der Waals surface area contributed by atoms with E-state index in [0.29, 0.717) is 0 Å². The number of benzene rings is 1. The molecule has 0 N–H and O–H groups in total. The first kappa shape index (κ1) is 12.2. The van der Waals surface area contributed by atoms with Crippen molar-refractivity contribution in [2.45, 2.75) is 18.7 Å². The van der Waals surface area contributed by atoms with E-state index in [1.54, 1.807) is 11.3 Å². The van der Waals surface area contributed by atoms with Crippen molar-refractivity contribution in [2.24, 2.45) is 0 Å². The number of hydrogen-bond donors (Lipinski definition) is 0.